The first kappa shape index (κ1) is 18.3. The number of amides is 3. The first-order chi connectivity index (χ1) is 12.0. The van der Waals surface area contributed by atoms with E-state index in [1.165, 1.54) is 4.90 Å². The van der Waals surface area contributed by atoms with Gasteiger partial charge in [-0.3, -0.25) is 4.79 Å². The van der Waals surface area contributed by atoms with Crippen LogP contribution in [0.15, 0.2) is 54.6 Å². The molecule has 0 saturated heterocycles. The number of hydrogen-bond acceptors (Lipinski definition) is 3. The van der Waals surface area contributed by atoms with Gasteiger partial charge < -0.3 is 20.3 Å². The van der Waals surface area contributed by atoms with Gasteiger partial charge in [-0.05, 0) is 17.7 Å². The van der Waals surface area contributed by atoms with Crippen molar-refractivity contribution in [2.45, 2.75) is 12.5 Å². The van der Waals surface area contributed by atoms with Gasteiger partial charge >= 0.3 is 6.03 Å². The molecular formula is C19H23N3O3. The molecule has 0 spiro atoms. The molecule has 0 radical (unpaired) electrons. The normalized spacial score (nSPS) is 11.3. The highest BCUT2D eigenvalue weighted by atomic mass is 16.5. The summed E-state index contributed by atoms with van der Waals surface area (Å²) < 4.78 is 5.13. The van der Waals surface area contributed by atoms with Crippen molar-refractivity contribution >= 4 is 17.6 Å². The van der Waals surface area contributed by atoms with Crippen LogP contribution >= 0.6 is 0 Å². The molecule has 0 heterocycles. The number of carbonyl (C=O) groups excluding carboxylic acids is 2. The van der Waals surface area contributed by atoms with Crippen molar-refractivity contribution in [3.63, 3.8) is 0 Å². The van der Waals surface area contributed by atoms with Crippen molar-refractivity contribution in [3.8, 4) is 5.75 Å². The van der Waals surface area contributed by atoms with E-state index in [4.69, 9.17) is 4.74 Å². The Balaban J connectivity index is 2.06. The Kier molecular flexibility index (Phi) is 6.39. The summed E-state index contributed by atoms with van der Waals surface area (Å²) >= 11 is 0. The van der Waals surface area contributed by atoms with Gasteiger partial charge in [0.15, 0.2) is 0 Å². The first-order valence-corrected chi connectivity index (χ1v) is 7.96. The summed E-state index contributed by atoms with van der Waals surface area (Å²) in [5.41, 5.74) is 1.57. The van der Waals surface area contributed by atoms with Crippen LogP contribution in [0.2, 0.25) is 0 Å². The fourth-order valence-corrected chi connectivity index (χ4v) is 2.39. The fourth-order valence-electron chi connectivity index (χ4n) is 2.39. The number of hydrogen-bond donors (Lipinski definition) is 2. The molecule has 2 N–H and O–H groups in total. The number of carbonyl (C=O) groups is 2. The maximum Gasteiger partial charge on any atom is 0.319 e. The maximum absolute atomic E-state index is 12.4. The quantitative estimate of drug-likeness (QED) is 0.848. The van der Waals surface area contributed by atoms with Crippen molar-refractivity contribution in [1.29, 1.82) is 0 Å². The van der Waals surface area contributed by atoms with E-state index in [2.05, 4.69) is 10.6 Å². The molecule has 2 aromatic carbocycles. The molecule has 2 rings (SSSR count). The summed E-state index contributed by atoms with van der Waals surface area (Å²) in [6, 6.07) is 15.5. The number of rotatable bonds is 6. The van der Waals surface area contributed by atoms with Gasteiger partial charge in [0.2, 0.25) is 5.91 Å². The number of nitrogens with zero attached hydrogens (tertiary/aromatic N) is 1. The Labute approximate surface area is 147 Å². The van der Waals surface area contributed by atoms with E-state index in [1.54, 1.807) is 45.5 Å². The summed E-state index contributed by atoms with van der Waals surface area (Å²) in [4.78, 5) is 26.2. The molecule has 6 nitrogen and oxygen atoms in total. The second-order valence-corrected chi connectivity index (χ2v) is 5.81. The molecule has 0 aromatic heterocycles. The average molecular weight is 341 g/mol. The number of ether oxygens (including phenoxy) is 1. The molecule has 0 aliphatic heterocycles. The molecule has 0 fully saturated rings. The van der Waals surface area contributed by atoms with Gasteiger partial charge in [-0.2, -0.15) is 0 Å². The van der Waals surface area contributed by atoms with Gasteiger partial charge in [0.25, 0.3) is 0 Å². The van der Waals surface area contributed by atoms with Crippen molar-refractivity contribution in [3.05, 3.63) is 60.2 Å². The molecule has 6 heteroatoms. The van der Waals surface area contributed by atoms with Crippen molar-refractivity contribution in [1.82, 2.24) is 10.2 Å². The maximum atomic E-state index is 12.4. The van der Waals surface area contributed by atoms with Crippen LogP contribution in [-0.2, 0) is 11.2 Å². The van der Waals surface area contributed by atoms with Crippen LogP contribution in [-0.4, -0.2) is 44.1 Å². The summed E-state index contributed by atoms with van der Waals surface area (Å²) in [6.45, 7) is 0. The van der Waals surface area contributed by atoms with E-state index >= 15 is 0 Å². The monoisotopic (exact) mass is 341 g/mol. The van der Waals surface area contributed by atoms with Gasteiger partial charge in [-0.25, -0.2) is 4.79 Å². The summed E-state index contributed by atoms with van der Waals surface area (Å²) in [5.74, 6) is 0.479. The van der Waals surface area contributed by atoms with Crippen LogP contribution in [0.1, 0.15) is 5.56 Å². The summed E-state index contributed by atoms with van der Waals surface area (Å²) in [5, 5.41) is 5.48. The van der Waals surface area contributed by atoms with Crippen LogP contribution < -0.4 is 15.4 Å². The third kappa shape index (κ3) is 5.53. The van der Waals surface area contributed by atoms with E-state index < -0.39 is 12.1 Å². The second-order valence-electron chi connectivity index (χ2n) is 5.81. The Morgan fingerprint density at radius 1 is 1.08 bits per heavy atom. The Hall–Kier alpha value is -3.02. The van der Waals surface area contributed by atoms with Gasteiger partial charge in [-0.1, -0.05) is 36.4 Å². The zero-order chi connectivity index (χ0) is 18.2. The molecule has 0 bridgehead atoms. The fraction of sp³-hybridized carbons (Fsp3) is 0.263. The summed E-state index contributed by atoms with van der Waals surface area (Å²) in [6.07, 6.45) is 0.420. The minimum atomic E-state index is -0.650. The van der Waals surface area contributed by atoms with Gasteiger partial charge in [-0.15, -0.1) is 0 Å². The van der Waals surface area contributed by atoms with Gasteiger partial charge in [0, 0.05) is 32.3 Å². The zero-order valence-electron chi connectivity index (χ0n) is 14.7. The lowest BCUT2D eigenvalue weighted by Crippen LogP contribution is -2.48. The van der Waals surface area contributed by atoms with Crippen LogP contribution in [0.3, 0.4) is 0 Å². The van der Waals surface area contributed by atoms with Gasteiger partial charge in [0.05, 0.1) is 7.11 Å². The number of likely N-dealkylation sites (N-methyl/N-ethyl adjacent to an activating group) is 1. The third-order valence-corrected chi connectivity index (χ3v) is 3.65. The topological polar surface area (TPSA) is 70.7 Å². The molecule has 0 saturated carbocycles. The lowest BCUT2D eigenvalue weighted by Gasteiger charge is -2.22. The highest BCUT2D eigenvalue weighted by molar-refractivity contribution is 5.93. The molecule has 1 unspecified atom stereocenters. The van der Waals surface area contributed by atoms with E-state index in [9.17, 15) is 9.59 Å². The number of anilines is 1. The SMILES string of the molecule is COc1cccc(NC(=O)NC(Cc2ccccc2)C(=O)N(C)C)c1. The minimum Gasteiger partial charge on any atom is -0.497 e. The lowest BCUT2D eigenvalue weighted by molar-refractivity contribution is -0.130. The van der Waals surface area contributed by atoms with E-state index in [1.807, 2.05) is 30.3 Å². The van der Waals surface area contributed by atoms with E-state index in [-0.39, 0.29) is 5.91 Å². The molecule has 0 aliphatic rings. The Morgan fingerprint density at radius 2 is 1.80 bits per heavy atom. The molecule has 132 valence electrons. The second kappa shape index (κ2) is 8.73. The molecular weight excluding hydrogens is 318 g/mol. The van der Waals surface area contributed by atoms with Crippen LogP contribution in [0.25, 0.3) is 0 Å². The predicted octanol–water partition coefficient (Wildman–Crippen LogP) is 2.52. The Bertz CT molecular complexity index is 717. The molecule has 1 atom stereocenters. The smallest absolute Gasteiger partial charge is 0.319 e. The van der Waals surface area contributed by atoms with Crippen LogP contribution in [0, 0.1) is 0 Å². The zero-order valence-corrected chi connectivity index (χ0v) is 14.7. The van der Waals surface area contributed by atoms with Gasteiger partial charge in [0.1, 0.15) is 11.8 Å². The summed E-state index contributed by atoms with van der Waals surface area (Å²) in [7, 11) is 4.90. The largest absolute Gasteiger partial charge is 0.497 e. The lowest BCUT2D eigenvalue weighted by atomic mass is 10.1. The number of urea groups is 1. The molecule has 2 aromatic rings. The van der Waals surface area contributed by atoms with Crippen LogP contribution in [0.4, 0.5) is 10.5 Å². The standard InChI is InChI=1S/C19H23N3O3/c1-22(2)18(23)17(12-14-8-5-4-6-9-14)21-19(24)20-15-10-7-11-16(13-15)25-3/h4-11,13,17H,12H2,1-3H3,(H2,20,21,24). The van der Waals surface area contributed by atoms with Crippen molar-refractivity contribution < 1.29 is 14.3 Å². The molecule has 0 aliphatic carbocycles. The number of methoxy groups -OCH3 is 1. The Morgan fingerprint density at radius 3 is 2.44 bits per heavy atom. The van der Waals surface area contributed by atoms with Crippen molar-refractivity contribution in [2.75, 3.05) is 26.5 Å². The highest BCUT2D eigenvalue weighted by Crippen LogP contribution is 2.16. The highest BCUT2D eigenvalue weighted by Gasteiger charge is 2.22. The molecule has 25 heavy (non-hydrogen) atoms. The van der Waals surface area contributed by atoms with Crippen molar-refractivity contribution in [2.24, 2.45) is 0 Å². The first-order valence-electron chi connectivity index (χ1n) is 7.96. The van der Waals surface area contributed by atoms with E-state index in [0.717, 1.165) is 5.56 Å². The van der Waals surface area contributed by atoms with E-state index in [0.29, 0.717) is 17.9 Å². The molecule has 3 amide bonds. The number of nitrogens with one attached hydrogen (secondary N) is 2. The minimum absolute atomic E-state index is 0.162. The number of benzene rings is 2. The predicted molar refractivity (Wildman–Crippen MR) is 97.8 cm³/mol. The average Bonchev–Trinajstić information content (AvgIpc) is 2.61. The third-order valence-electron chi connectivity index (χ3n) is 3.65. The van der Waals surface area contributed by atoms with Crippen LogP contribution in [0.5, 0.6) is 5.75 Å².